The Hall–Kier alpha value is -1.77. The quantitative estimate of drug-likeness (QED) is 0.728. The van der Waals surface area contributed by atoms with Crippen LogP contribution in [0.1, 0.15) is 5.76 Å². The Balaban J connectivity index is 2.33. The minimum atomic E-state index is 0.747. The second-order valence-corrected chi connectivity index (χ2v) is 2.99. The van der Waals surface area contributed by atoms with Gasteiger partial charge in [0.05, 0.1) is 13.3 Å². The van der Waals surface area contributed by atoms with E-state index in [1.165, 1.54) is 0 Å². The molecule has 0 aromatic carbocycles. The van der Waals surface area contributed by atoms with Crippen LogP contribution in [-0.2, 0) is 0 Å². The first-order chi connectivity index (χ1) is 6.79. The number of methoxy groups -OCH3 is 1. The molecule has 0 aliphatic carbocycles. The highest BCUT2D eigenvalue weighted by Crippen LogP contribution is 2.21. The normalized spacial score (nSPS) is 10.1. The van der Waals surface area contributed by atoms with E-state index in [0.29, 0.717) is 0 Å². The molecule has 2 rings (SSSR count). The summed E-state index contributed by atoms with van der Waals surface area (Å²) in [6, 6.07) is 7.56. The molecule has 0 unspecified atom stereocenters. The summed E-state index contributed by atoms with van der Waals surface area (Å²) in [4.78, 5) is 4.21. The standard InChI is InChI=1S/C11H11NO2/c1-8-3-6-11(14-8)10-5-4-9(13-2)7-12-10/h3-7H,1-2H3. The highest BCUT2D eigenvalue weighted by atomic mass is 16.5. The third kappa shape index (κ3) is 1.62. The maximum absolute atomic E-state index is 5.44. The van der Waals surface area contributed by atoms with Crippen LogP contribution in [0.25, 0.3) is 11.5 Å². The molecule has 0 radical (unpaired) electrons. The predicted molar refractivity (Wildman–Crippen MR) is 53.2 cm³/mol. The maximum Gasteiger partial charge on any atom is 0.152 e. The summed E-state index contributed by atoms with van der Waals surface area (Å²) in [6.45, 7) is 1.91. The molecular weight excluding hydrogens is 178 g/mol. The van der Waals surface area contributed by atoms with Gasteiger partial charge in [-0.25, -0.2) is 4.98 Å². The van der Waals surface area contributed by atoms with E-state index in [4.69, 9.17) is 9.15 Å². The highest BCUT2D eigenvalue weighted by molar-refractivity contribution is 5.52. The van der Waals surface area contributed by atoms with Crippen LogP contribution in [-0.4, -0.2) is 12.1 Å². The van der Waals surface area contributed by atoms with E-state index in [1.54, 1.807) is 13.3 Å². The largest absolute Gasteiger partial charge is 0.495 e. The summed E-state index contributed by atoms with van der Waals surface area (Å²) in [5.74, 6) is 2.42. The van der Waals surface area contributed by atoms with Gasteiger partial charge in [-0.2, -0.15) is 0 Å². The first-order valence-corrected chi connectivity index (χ1v) is 4.36. The lowest BCUT2D eigenvalue weighted by Crippen LogP contribution is -1.85. The van der Waals surface area contributed by atoms with Crippen molar-refractivity contribution in [2.24, 2.45) is 0 Å². The molecule has 0 spiro atoms. The molecule has 0 saturated heterocycles. The van der Waals surface area contributed by atoms with Crippen LogP contribution in [0.2, 0.25) is 0 Å². The smallest absolute Gasteiger partial charge is 0.152 e. The number of aromatic nitrogens is 1. The van der Waals surface area contributed by atoms with E-state index in [1.807, 2.05) is 31.2 Å². The summed E-state index contributed by atoms with van der Waals surface area (Å²) in [5, 5.41) is 0. The molecule has 0 aliphatic rings. The lowest BCUT2D eigenvalue weighted by atomic mass is 10.3. The van der Waals surface area contributed by atoms with E-state index >= 15 is 0 Å². The summed E-state index contributed by atoms with van der Waals surface area (Å²) >= 11 is 0. The van der Waals surface area contributed by atoms with Gasteiger partial charge >= 0.3 is 0 Å². The van der Waals surface area contributed by atoms with Gasteiger partial charge in [-0.05, 0) is 31.2 Å². The number of nitrogens with zero attached hydrogens (tertiary/aromatic N) is 1. The number of aryl methyl sites for hydroxylation is 1. The third-order valence-corrected chi connectivity index (χ3v) is 1.96. The lowest BCUT2D eigenvalue weighted by molar-refractivity contribution is 0.413. The monoisotopic (exact) mass is 189 g/mol. The van der Waals surface area contributed by atoms with Crippen molar-refractivity contribution < 1.29 is 9.15 Å². The van der Waals surface area contributed by atoms with Gasteiger partial charge in [0, 0.05) is 0 Å². The van der Waals surface area contributed by atoms with Gasteiger partial charge in [0.1, 0.15) is 17.2 Å². The van der Waals surface area contributed by atoms with Crippen LogP contribution in [0.15, 0.2) is 34.9 Å². The molecule has 3 nitrogen and oxygen atoms in total. The van der Waals surface area contributed by atoms with Crippen LogP contribution >= 0.6 is 0 Å². The van der Waals surface area contributed by atoms with Crippen LogP contribution in [0.5, 0.6) is 5.75 Å². The van der Waals surface area contributed by atoms with Gasteiger partial charge in [0.2, 0.25) is 0 Å². The van der Waals surface area contributed by atoms with Crippen molar-refractivity contribution >= 4 is 0 Å². The second-order valence-electron chi connectivity index (χ2n) is 2.99. The number of rotatable bonds is 2. The fourth-order valence-electron chi connectivity index (χ4n) is 1.22. The molecule has 72 valence electrons. The Labute approximate surface area is 82.3 Å². The van der Waals surface area contributed by atoms with Gasteiger partial charge in [-0.3, -0.25) is 0 Å². The summed E-state index contributed by atoms with van der Waals surface area (Å²) < 4.78 is 10.5. The van der Waals surface area contributed by atoms with Crippen LogP contribution in [0.3, 0.4) is 0 Å². The minimum Gasteiger partial charge on any atom is -0.495 e. The van der Waals surface area contributed by atoms with Crippen molar-refractivity contribution in [3.8, 4) is 17.2 Å². The van der Waals surface area contributed by atoms with Crippen molar-refractivity contribution in [3.05, 3.63) is 36.2 Å². The molecule has 14 heavy (non-hydrogen) atoms. The summed E-state index contributed by atoms with van der Waals surface area (Å²) in [6.07, 6.45) is 1.67. The Bertz CT molecular complexity index is 417. The molecule has 0 N–H and O–H groups in total. The Morgan fingerprint density at radius 2 is 2.07 bits per heavy atom. The molecule has 0 fully saturated rings. The van der Waals surface area contributed by atoms with E-state index in [-0.39, 0.29) is 0 Å². The molecule has 2 aromatic rings. The first-order valence-electron chi connectivity index (χ1n) is 4.36. The van der Waals surface area contributed by atoms with Crippen LogP contribution in [0.4, 0.5) is 0 Å². The molecular formula is C11H11NO2. The fraction of sp³-hybridized carbons (Fsp3) is 0.182. The van der Waals surface area contributed by atoms with E-state index in [2.05, 4.69) is 4.98 Å². The Morgan fingerprint density at radius 1 is 1.21 bits per heavy atom. The van der Waals surface area contributed by atoms with Gasteiger partial charge < -0.3 is 9.15 Å². The highest BCUT2D eigenvalue weighted by Gasteiger charge is 2.03. The van der Waals surface area contributed by atoms with Crippen molar-refractivity contribution in [1.29, 1.82) is 0 Å². The molecule has 0 aliphatic heterocycles. The SMILES string of the molecule is COc1ccc(-c2ccc(C)o2)nc1. The average molecular weight is 189 g/mol. The molecule has 3 heteroatoms. The second kappa shape index (κ2) is 3.54. The zero-order valence-corrected chi connectivity index (χ0v) is 8.15. The van der Waals surface area contributed by atoms with Crippen LogP contribution < -0.4 is 4.74 Å². The number of ether oxygens (including phenoxy) is 1. The summed E-state index contributed by atoms with van der Waals surface area (Å²) in [5.41, 5.74) is 0.818. The fourth-order valence-corrected chi connectivity index (χ4v) is 1.22. The third-order valence-electron chi connectivity index (χ3n) is 1.96. The Kier molecular flexibility index (Phi) is 2.23. The zero-order valence-electron chi connectivity index (χ0n) is 8.15. The Morgan fingerprint density at radius 3 is 2.57 bits per heavy atom. The van der Waals surface area contributed by atoms with Crippen molar-refractivity contribution in [3.63, 3.8) is 0 Å². The van der Waals surface area contributed by atoms with Crippen molar-refractivity contribution in [1.82, 2.24) is 4.98 Å². The molecule has 2 heterocycles. The average Bonchev–Trinajstić information content (AvgIpc) is 2.65. The maximum atomic E-state index is 5.44. The number of hydrogen-bond donors (Lipinski definition) is 0. The van der Waals surface area contributed by atoms with E-state index in [0.717, 1.165) is 23.0 Å². The van der Waals surface area contributed by atoms with E-state index < -0.39 is 0 Å². The molecule has 0 bridgehead atoms. The van der Waals surface area contributed by atoms with Gasteiger partial charge in [-0.1, -0.05) is 0 Å². The zero-order chi connectivity index (χ0) is 9.97. The van der Waals surface area contributed by atoms with Gasteiger partial charge in [-0.15, -0.1) is 0 Å². The van der Waals surface area contributed by atoms with Crippen molar-refractivity contribution in [2.45, 2.75) is 6.92 Å². The first kappa shape index (κ1) is 8.81. The number of hydrogen-bond acceptors (Lipinski definition) is 3. The molecule has 0 amide bonds. The number of furan rings is 1. The van der Waals surface area contributed by atoms with Crippen LogP contribution in [0, 0.1) is 6.92 Å². The molecule has 0 atom stereocenters. The molecule has 2 aromatic heterocycles. The number of pyridine rings is 1. The van der Waals surface area contributed by atoms with Crippen molar-refractivity contribution in [2.75, 3.05) is 7.11 Å². The summed E-state index contributed by atoms with van der Waals surface area (Å²) in [7, 11) is 1.62. The molecule has 0 saturated carbocycles. The van der Waals surface area contributed by atoms with Gasteiger partial charge in [0.25, 0.3) is 0 Å². The minimum absolute atomic E-state index is 0.747. The predicted octanol–water partition coefficient (Wildman–Crippen LogP) is 2.66. The van der Waals surface area contributed by atoms with E-state index in [9.17, 15) is 0 Å². The lowest BCUT2D eigenvalue weighted by Gasteiger charge is -1.99. The topological polar surface area (TPSA) is 35.3 Å². The van der Waals surface area contributed by atoms with Gasteiger partial charge in [0.15, 0.2) is 5.76 Å².